The number of aryl methyl sites for hydroxylation is 1. The molecule has 1 aromatic heterocycles. The number of carbonyl (C=O) groups excluding carboxylic acids is 2. The zero-order valence-corrected chi connectivity index (χ0v) is 13.8. The molecule has 1 aromatic rings. The lowest BCUT2D eigenvalue weighted by molar-refractivity contribution is 0.0892. The Morgan fingerprint density at radius 3 is 2.33 bits per heavy atom. The van der Waals surface area contributed by atoms with E-state index in [0.29, 0.717) is 29.3 Å². The summed E-state index contributed by atoms with van der Waals surface area (Å²) in [7, 11) is 0. The summed E-state index contributed by atoms with van der Waals surface area (Å²) >= 11 is 0. The van der Waals surface area contributed by atoms with E-state index in [4.69, 9.17) is 5.73 Å². The molecule has 1 saturated carbocycles. The van der Waals surface area contributed by atoms with Crippen molar-refractivity contribution in [3.63, 3.8) is 0 Å². The second kappa shape index (κ2) is 6.20. The van der Waals surface area contributed by atoms with E-state index in [1.54, 1.807) is 6.92 Å². The summed E-state index contributed by atoms with van der Waals surface area (Å²) < 4.78 is 0. The lowest BCUT2D eigenvalue weighted by Crippen LogP contribution is -2.53. The number of hydrogen-bond donors (Lipinski definition) is 3. The first-order valence-electron chi connectivity index (χ1n) is 7.03. The maximum atomic E-state index is 12.5. The zero-order chi connectivity index (χ0) is 15.1. The second-order valence-corrected chi connectivity index (χ2v) is 6.03. The monoisotopic (exact) mass is 313 g/mol. The van der Waals surface area contributed by atoms with Crippen LogP contribution in [0.1, 0.15) is 58.8 Å². The normalized spacial score (nSPS) is 16.8. The molecule has 1 atom stereocenters. The molecule has 21 heavy (non-hydrogen) atoms. The molecule has 118 valence electrons. The van der Waals surface area contributed by atoms with E-state index in [9.17, 15) is 9.59 Å². The molecule has 0 radical (unpaired) electrons. The van der Waals surface area contributed by atoms with Gasteiger partial charge in [0.1, 0.15) is 5.69 Å². The number of carbonyl (C=O) groups is 2. The molecular weight excluding hydrogens is 290 g/mol. The number of H-pyrrole nitrogens is 1. The number of amides is 1. The van der Waals surface area contributed by atoms with Crippen molar-refractivity contribution in [2.75, 3.05) is 6.54 Å². The van der Waals surface area contributed by atoms with E-state index in [1.807, 2.05) is 13.8 Å². The van der Waals surface area contributed by atoms with E-state index in [0.717, 1.165) is 18.5 Å². The Kier molecular flexibility index (Phi) is 5.23. The molecule has 1 amide bonds. The van der Waals surface area contributed by atoms with Crippen LogP contribution in [-0.4, -0.2) is 28.8 Å². The van der Waals surface area contributed by atoms with Gasteiger partial charge in [0.05, 0.1) is 5.54 Å². The minimum atomic E-state index is -0.362. The van der Waals surface area contributed by atoms with Gasteiger partial charge in [-0.2, -0.15) is 0 Å². The summed E-state index contributed by atoms with van der Waals surface area (Å²) in [6, 6.07) is 0. The van der Waals surface area contributed by atoms with Crippen molar-refractivity contribution in [3.8, 4) is 0 Å². The highest BCUT2D eigenvalue weighted by atomic mass is 35.5. The molecule has 1 fully saturated rings. The molecule has 0 aromatic carbocycles. The van der Waals surface area contributed by atoms with Crippen LogP contribution in [0.15, 0.2) is 0 Å². The summed E-state index contributed by atoms with van der Waals surface area (Å²) in [5, 5.41) is 3.04. The molecule has 0 saturated heterocycles. The Morgan fingerprint density at radius 1 is 1.38 bits per heavy atom. The number of Topliss-reactive ketones (excluding diaryl/α,β-unsaturated/α-hetero) is 1. The second-order valence-electron chi connectivity index (χ2n) is 6.03. The van der Waals surface area contributed by atoms with Gasteiger partial charge in [0.25, 0.3) is 5.91 Å². The minimum absolute atomic E-state index is 0. The lowest BCUT2D eigenvalue weighted by atomic mass is 9.95. The SMILES string of the molecule is CC(=O)c1c(C)[nH]c(C(=O)NC(C)(CN)C2CC2)c1C.Cl. The van der Waals surface area contributed by atoms with Gasteiger partial charge in [-0.15, -0.1) is 12.4 Å². The molecule has 5 nitrogen and oxygen atoms in total. The highest BCUT2D eigenvalue weighted by Crippen LogP contribution is 2.39. The average Bonchev–Trinajstić information content (AvgIpc) is 3.15. The smallest absolute Gasteiger partial charge is 0.268 e. The molecule has 0 bridgehead atoms. The summed E-state index contributed by atoms with van der Waals surface area (Å²) in [6.07, 6.45) is 2.21. The molecule has 0 spiro atoms. The Morgan fingerprint density at radius 2 is 1.95 bits per heavy atom. The van der Waals surface area contributed by atoms with Crippen LogP contribution in [0.4, 0.5) is 0 Å². The number of aromatic amines is 1. The average molecular weight is 314 g/mol. The predicted octanol–water partition coefficient (Wildman–Crippen LogP) is 2.11. The van der Waals surface area contributed by atoms with Crippen molar-refractivity contribution in [1.29, 1.82) is 0 Å². The van der Waals surface area contributed by atoms with Gasteiger partial charge < -0.3 is 16.0 Å². The van der Waals surface area contributed by atoms with Crippen LogP contribution in [0.3, 0.4) is 0 Å². The summed E-state index contributed by atoms with van der Waals surface area (Å²) in [6.45, 7) is 7.52. The summed E-state index contributed by atoms with van der Waals surface area (Å²) in [5.41, 5.74) is 7.98. The first kappa shape index (κ1) is 17.7. The van der Waals surface area contributed by atoms with E-state index in [1.165, 1.54) is 6.92 Å². The van der Waals surface area contributed by atoms with Gasteiger partial charge in [-0.1, -0.05) is 0 Å². The molecule has 0 aliphatic heterocycles. The fraction of sp³-hybridized carbons (Fsp3) is 0.600. The fourth-order valence-electron chi connectivity index (χ4n) is 2.87. The van der Waals surface area contributed by atoms with Crippen LogP contribution in [0, 0.1) is 19.8 Å². The van der Waals surface area contributed by atoms with Gasteiger partial charge >= 0.3 is 0 Å². The first-order chi connectivity index (χ1) is 9.30. The lowest BCUT2D eigenvalue weighted by Gasteiger charge is -2.29. The van der Waals surface area contributed by atoms with Crippen LogP contribution < -0.4 is 11.1 Å². The van der Waals surface area contributed by atoms with Gasteiger partial charge in [-0.3, -0.25) is 9.59 Å². The third-order valence-corrected chi connectivity index (χ3v) is 4.32. The molecule has 1 aliphatic rings. The highest BCUT2D eigenvalue weighted by Gasteiger charge is 2.42. The van der Waals surface area contributed by atoms with Crippen molar-refractivity contribution >= 4 is 24.1 Å². The van der Waals surface area contributed by atoms with Crippen LogP contribution in [-0.2, 0) is 0 Å². The third kappa shape index (κ3) is 3.30. The van der Waals surface area contributed by atoms with E-state index >= 15 is 0 Å². The van der Waals surface area contributed by atoms with Gasteiger partial charge in [0.15, 0.2) is 5.78 Å². The molecule has 1 aliphatic carbocycles. The van der Waals surface area contributed by atoms with E-state index in [2.05, 4.69) is 10.3 Å². The Hall–Kier alpha value is -1.33. The number of nitrogens with one attached hydrogen (secondary N) is 2. The number of halogens is 1. The van der Waals surface area contributed by atoms with Crippen LogP contribution in [0.5, 0.6) is 0 Å². The van der Waals surface area contributed by atoms with Gasteiger partial charge in [-0.05, 0) is 52.0 Å². The summed E-state index contributed by atoms with van der Waals surface area (Å²) in [4.78, 5) is 27.1. The number of aromatic nitrogens is 1. The number of nitrogens with two attached hydrogens (primary N) is 1. The van der Waals surface area contributed by atoms with Gasteiger partial charge in [0, 0.05) is 17.8 Å². The maximum Gasteiger partial charge on any atom is 0.268 e. The zero-order valence-electron chi connectivity index (χ0n) is 13.0. The van der Waals surface area contributed by atoms with Crippen molar-refractivity contribution in [1.82, 2.24) is 10.3 Å². The van der Waals surface area contributed by atoms with Crippen molar-refractivity contribution in [3.05, 3.63) is 22.5 Å². The quantitative estimate of drug-likeness (QED) is 0.727. The minimum Gasteiger partial charge on any atom is -0.354 e. The summed E-state index contributed by atoms with van der Waals surface area (Å²) in [5.74, 6) is 0.247. The molecule has 1 unspecified atom stereocenters. The highest BCUT2D eigenvalue weighted by molar-refractivity contribution is 6.02. The Labute approximate surface area is 131 Å². The maximum absolute atomic E-state index is 12.5. The number of hydrogen-bond acceptors (Lipinski definition) is 3. The Balaban J connectivity index is 0.00000220. The first-order valence-corrected chi connectivity index (χ1v) is 7.03. The van der Waals surface area contributed by atoms with E-state index in [-0.39, 0.29) is 29.6 Å². The largest absolute Gasteiger partial charge is 0.354 e. The standard InChI is InChI=1S/C15H23N3O2.ClH/c1-8-12(10(3)19)9(2)17-13(8)14(20)18-15(4,7-16)11-5-6-11;/h11,17H,5-7,16H2,1-4H3,(H,18,20);1H. The van der Waals surface area contributed by atoms with E-state index < -0.39 is 0 Å². The van der Waals surface area contributed by atoms with Crippen molar-refractivity contribution < 1.29 is 9.59 Å². The fourth-order valence-corrected chi connectivity index (χ4v) is 2.87. The number of ketones is 1. The molecule has 4 N–H and O–H groups in total. The predicted molar refractivity (Wildman–Crippen MR) is 85.2 cm³/mol. The number of rotatable bonds is 5. The van der Waals surface area contributed by atoms with Crippen LogP contribution in [0.2, 0.25) is 0 Å². The van der Waals surface area contributed by atoms with Gasteiger partial charge in [-0.25, -0.2) is 0 Å². The molecular formula is C15H24ClN3O2. The topological polar surface area (TPSA) is 88.0 Å². The molecule has 2 rings (SSSR count). The Bertz CT molecular complexity index is 564. The van der Waals surface area contributed by atoms with Gasteiger partial charge in [0.2, 0.25) is 0 Å². The van der Waals surface area contributed by atoms with Crippen LogP contribution in [0.25, 0.3) is 0 Å². The van der Waals surface area contributed by atoms with Crippen molar-refractivity contribution in [2.24, 2.45) is 11.7 Å². The molecule has 6 heteroatoms. The van der Waals surface area contributed by atoms with Crippen LogP contribution >= 0.6 is 12.4 Å². The van der Waals surface area contributed by atoms with Crippen molar-refractivity contribution in [2.45, 2.75) is 46.1 Å². The third-order valence-electron chi connectivity index (χ3n) is 4.32. The molecule has 1 heterocycles.